The van der Waals surface area contributed by atoms with Gasteiger partial charge in [-0.2, -0.15) is 0 Å². The van der Waals surface area contributed by atoms with Gasteiger partial charge >= 0.3 is 6.03 Å². The van der Waals surface area contributed by atoms with Crippen molar-refractivity contribution >= 4 is 29.0 Å². The first-order valence-corrected chi connectivity index (χ1v) is 15.7. The van der Waals surface area contributed by atoms with Gasteiger partial charge in [-0.15, -0.1) is 0 Å². The zero-order valence-corrected chi connectivity index (χ0v) is 25.1. The van der Waals surface area contributed by atoms with E-state index in [1.807, 2.05) is 58.0 Å². The second-order valence-corrected chi connectivity index (χ2v) is 12.4. The molecule has 3 aromatic rings. The zero-order chi connectivity index (χ0) is 30.3. The van der Waals surface area contributed by atoms with E-state index < -0.39 is 5.79 Å². The Labute approximate surface area is 256 Å². The van der Waals surface area contributed by atoms with Gasteiger partial charge in [0.2, 0.25) is 0 Å². The van der Waals surface area contributed by atoms with Crippen LogP contribution in [0, 0.1) is 5.92 Å². The van der Waals surface area contributed by atoms with Crippen molar-refractivity contribution in [3.63, 3.8) is 0 Å². The highest BCUT2D eigenvalue weighted by Crippen LogP contribution is 2.40. The normalized spacial score (nSPS) is 22.0. The van der Waals surface area contributed by atoms with Crippen LogP contribution in [0.2, 0.25) is 0 Å². The van der Waals surface area contributed by atoms with Gasteiger partial charge in [-0.25, -0.2) is 4.79 Å². The van der Waals surface area contributed by atoms with Crippen LogP contribution in [-0.4, -0.2) is 66.6 Å². The van der Waals surface area contributed by atoms with Crippen LogP contribution in [-0.2, 0) is 22.4 Å². The number of rotatable bonds is 5. The predicted molar refractivity (Wildman–Crippen MR) is 168 cm³/mol. The van der Waals surface area contributed by atoms with E-state index in [9.17, 15) is 14.4 Å². The van der Waals surface area contributed by atoms with Crippen molar-refractivity contribution in [1.82, 2.24) is 9.47 Å². The van der Waals surface area contributed by atoms with E-state index in [1.54, 1.807) is 12.1 Å². The molecule has 4 aliphatic heterocycles. The van der Waals surface area contributed by atoms with E-state index in [4.69, 9.17) is 9.47 Å². The smallest absolute Gasteiger partial charge is 0.323 e. The molecule has 0 aliphatic carbocycles. The van der Waals surface area contributed by atoms with Crippen LogP contribution in [0.5, 0.6) is 0 Å². The number of benzene rings is 2. The number of amides is 3. The summed E-state index contributed by atoms with van der Waals surface area (Å²) in [5, 5.41) is 6.00. The number of piperidine rings is 2. The molecule has 4 aliphatic rings. The number of aryl methyl sites for hydroxylation is 1. The molecule has 0 radical (unpaired) electrons. The first kappa shape index (κ1) is 28.6. The van der Waals surface area contributed by atoms with E-state index >= 15 is 0 Å². The van der Waals surface area contributed by atoms with Gasteiger partial charge in [0.15, 0.2) is 5.79 Å². The number of aromatic nitrogens is 1. The summed E-state index contributed by atoms with van der Waals surface area (Å²) in [6.45, 7) is 6.53. The zero-order valence-electron chi connectivity index (χ0n) is 25.1. The first-order valence-electron chi connectivity index (χ1n) is 15.7. The quantitative estimate of drug-likeness (QED) is 0.444. The van der Waals surface area contributed by atoms with Crippen molar-refractivity contribution in [2.24, 2.45) is 5.92 Å². The minimum atomic E-state index is -0.559. The molecule has 10 nitrogen and oxygen atoms in total. The Morgan fingerprint density at radius 1 is 0.932 bits per heavy atom. The Morgan fingerprint density at radius 2 is 1.70 bits per heavy atom. The highest BCUT2D eigenvalue weighted by Gasteiger charge is 2.41. The van der Waals surface area contributed by atoms with Crippen molar-refractivity contribution in [3.8, 4) is 0 Å². The molecule has 3 fully saturated rings. The number of anilines is 3. The number of likely N-dealkylation sites (tertiary alicyclic amines) is 1. The van der Waals surface area contributed by atoms with Crippen LogP contribution in [0.3, 0.4) is 0 Å². The molecule has 2 N–H and O–H groups in total. The van der Waals surface area contributed by atoms with Gasteiger partial charge in [-0.1, -0.05) is 25.1 Å². The molecule has 2 unspecified atom stereocenters. The van der Waals surface area contributed by atoms with Crippen molar-refractivity contribution in [2.45, 2.75) is 50.9 Å². The minimum absolute atomic E-state index is 0.0502. The third-order valence-corrected chi connectivity index (χ3v) is 9.56. The number of pyridine rings is 1. The van der Waals surface area contributed by atoms with Crippen LogP contribution >= 0.6 is 0 Å². The average molecular weight is 598 g/mol. The number of carbonyl (C=O) groups is 2. The van der Waals surface area contributed by atoms with Crippen LogP contribution < -0.4 is 21.1 Å². The highest BCUT2D eigenvalue weighted by molar-refractivity contribution is 6.04. The van der Waals surface area contributed by atoms with Crippen molar-refractivity contribution < 1.29 is 19.1 Å². The molecule has 3 saturated heterocycles. The largest absolute Gasteiger partial charge is 0.369 e. The molecule has 2 bridgehead atoms. The second-order valence-electron chi connectivity index (χ2n) is 12.4. The lowest BCUT2D eigenvalue weighted by molar-refractivity contribution is -0.181. The average Bonchev–Trinajstić information content (AvgIpc) is 3.49. The summed E-state index contributed by atoms with van der Waals surface area (Å²) in [5.41, 5.74) is 4.97. The fourth-order valence-electron chi connectivity index (χ4n) is 7.27. The van der Waals surface area contributed by atoms with Gasteiger partial charge in [-0.05, 0) is 60.7 Å². The number of nitrogens with one attached hydrogen (secondary N) is 2. The number of ether oxygens (including phenoxy) is 2. The third-order valence-electron chi connectivity index (χ3n) is 9.56. The van der Waals surface area contributed by atoms with Gasteiger partial charge in [0.05, 0.1) is 24.6 Å². The van der Waals surface area contributed by atoms with Crippen molar-refractivity contribution in [3.05, 3.63) is 87.8 Å². The van der Waals surface area contributed by atoms with Gasteiger partial charge in [0.25, 0.3) is 11.5 Å². The van der Waals surface area contributed by atoms with E-state index in [2.05, 4.69) is 22.5 Å². The minimum Gasteiger partial charge on any atom is -0.369 e. The Balaban J connectivity index is 1.14. The molecular formula is C34H39N5O5. The summed E-state index contributed by atoms with van der Waals surface area (Å²) in [6, 6.07) is 18.5. The molecule has 7 rings (SSSR count). The third kappa shape index (κ3) is 5.59. The number of fused-ring (bicyclic) bond motifs is 4. The maximum absolute atomic E-state index is 13.7. The molecule has 1 aromatic heterocycles. The summed E-state index contributed by atoms with van der Waals surface area (Å²) in [4.78, 5) is 43.7. The monoisotopic (exact) mass is 597 g/mol. The Hall–Kier alpha value is -4.15. The fourth-order valence-corrected chi connectivity index (χ4v) is 7.27. The van der Waals surface area contributed by atoms with E-state index in [0.717, 1.165) is 37.3 Å². The molecule has 10 heteroatoms. The van der Waals surface area contributed by atoms with Gasteiger partial charge in [-0.3, -0.25) is 9.59 Å². The van der Waals surface area contributed by atoms with E-state index in [-0.39, 0.29) is 23.4 Å². The van der Waals surface area contributed by atoms with E-state index in [1.165, 1.54) is 5.56 Å². The number of nitrogens with zero attached hydrogens (tertiary/aromatic N) is 3. The van der Waals surface area contributed by atoms with E-state index in [0.29, 0.717) is 68.5 Å². The number of urea groups is 1. The standard InChI is InChI=1S/C34H39N5O5/c1-2-23-6-9-27(10-7-23)35-33(42)36-28-19-25(32(41)37-14-12-34(13-15-37)43-16-17-44-34)8-11-30(28)38-20-24-18-26(22-38)29-4-3-5-31(40)39(29)21-24/h3-11,19,24,26H,2,12-18,20-22H2,1H3,(H2,35,36,42). The predicted octanol–water partition coefficient (Wildman–Crippen LogP) is 4.66. The molecule has 2 atom stereocenters. The van der Waals surface area contributed by atoms with Gasteiger partial charge < -0.3 is 34.5 Å². The number of hydrogen-bond acceptors (Lipinski definition) is 6. The molecular weight excluding hydrogens is 558 g/mol. The lowest BCUT2D eigenvalue weighted by Gasteiger charge is -2.44. The number of carbonyl (C=O) groups excluding carboxylic acids is 2. The SMILES string of the molecule is CCc1ccc(NC(=O)Nc2cc(C(=O)N3CCC4(CC3)OCCO4)ccc2N2CC3CC(C2)c2cccc(=O)n2C3)cc1. The van der Waals surface area contributed by atoms with Crippen LogP contribution in [0.25, 0.3) is 0 Å². The van der Waals surface area contributed by atoms with Gasteiger partial charge in [0.1, 0.15) is 0 Å². The molecule has 230 valence electrons. The van der Waals surface area contributed by atoms with Crippen molar-refractivity contribution in [1.29, 1.82) is 0 Å². The molecule has 5 heterocycles. The molecule has 44 heavy (non-hydrogen) atoms. The van der Waals surface area contributed by atoms with Crippen LogP contribution in [0.1, 0.15) is 53.7 Å². The first-order chi connectivity index (χ1) is 21.4. The Morgan fingerprint density at radius 3 is 2.45 bits per heavy atom. The molecule has 0 saturated carbocycles. The summed E-state index contributed by atoms with van der Waals surface area (Å²) < 4.78 is 13.6. The molecule has 2 aromatic carbocycles. The summed E-state index contributed by atoms with van der Waals surface area (Å²) in [5.74, 6) is -0.122. The van der Waals surface area contributed by atoms with Crippen LogP contribution in [0.15, 0.2) is 65.5 Å². The Bertz CT molecular complexity index is 1600. The fraction of sp³-hybridized carbons (Fsp3) is 0.441. The Kier molecular flexibility index (Phi) is 7.63. The number of hydrogen-bond donors (Lipinski definition) is 2. The summed E-state index contributed by atoms with van der Waals surface area (Å²) >= 11 is 0. The molecule has 1 spiro atoms. The molecule has 3 amide bonds. The van der Waals surface area contributed by atoms with Crippen molar-refractivity contribution in [2.75, 3.05) is 54.9 Å². The summed E-state index contributed by atoms with van der Waals surface area (Å²) in [7, 11) is 0. The van der Waals surface area contributed by atoms with Crippen LogP contribution in [0.4, 0.5) is 21.9 Å². The maximum Gasteiger partial charge on any atom is 0.323 e. The second kappa shape index (κ2) is 11.7. The maximum atomic E-state index is 13.7. The topological polar surface area (TPSA) is 105 Å². The lowest BCUT2D eigenvalue weighted by atomic mass is 9.83. The van der Waals surface area contributed by atoms with Gasteiger partial charge in [0, 0.05) is 74.5 Å². The summed E-state index contributed by atoms with van der Waals surface area (Å²) in [6.07, 6.45) is 3.23. The highest BCUT2D eigenvalue weighted by atomic mass is 16.7. The lowest BCUT2D eigenvalue weighted by Crippen LogP contribution is -2.47.